The molecule has 1 aliphatic rings. The van der Waals surface area contributed by atoms with Gasteiger partial charge in [0.2, 0.25) is 0 Å². The maximum atomic E-state index is 6.16. The van der Waals surface area contributed by atoms with E-state index in [-0.39, 0.29) is 6.04 Å². The first-order chi connectivity index (χ1) is 7.16. The van der Waals surface area contributed by atoms with Crippen LogP contribution in [0.3, 0.4) is 0 Å². The van der Waals surface area contributed by atoms with E-state index in [0.717, 1.165) is 20.9 Å². The highest BCUT2D eigenvalue weighted by Crippen LogP contribution is 2.34. The minimum Gasteiger partial charge on any atom is -0.324 e. The van der Waals surface area contributed by atoms with E-state index < -0.39 is 0 Å². The van der Waals surface area contributed by atoms with Crippen LogP contribution in [0.2, 0.25) is 5.02 Å². The minimum atomic E-state index is 0.157. The largest absolute Gasteiger partial charge is 0.324 e. The lowest BCUT2D eigenvalue weighted by molar-refractivity contribution is 0.277. The van der Waals surface area contributed by atoms with Gasteiger partial charge in [-0.2, -0.15) is 0 Å². The molecular weight excluding hydrogens is 320 g/mol. The molecule has 0 heterocycles. The molecule has 0 amide bonds. The summed E-state index contributed by atoms with van der Waals surface area (Å²) in [6, 6.07) is 6.30. The summed E-state index contributed by atoms with van der Waals surface area (Å²) in [5.74, 6) is 0.845. The molecule has 82 valence electrons. The first-order valence-electron chi connectivity index (χ1n) is 5.37. The van der Waals surface area contributed by atoms with Crippen molar-refractivity contribution in [3.63, 3.8) is 0 Å². The lowest BCUT2D eigenvalue weighted by Crippen LogP contribution is -2.20. The van der Waals surface area contributed by atoms with Crippen LogP contribution in [0.25, 0.3) is 0 Å². The molecule has 0 saturated heterocycles. The van der Waals surface area contributed by atoms with Crippen molar-refractivity contribution in [2.24, 2.45) is 11.7 Å². The van der Waals surface area contributed by atoms with E-state index in [4.69, 9.17) is 17.3 Å². The Morgan fingerprint density at radius 1 is 1.47 bits per heavy atom. The van der Waals surface area contributed by atoms with Crippen LogP contribution < -0.4 is 5.73 Å². The van der Waals surface area contributed by atoms with E-state index in [1.165, 1.54) is 24.8 Å². The third-order valence-corrected chi connectivity index (χ3v) is 4.76. The van der Waals surface area contributed by atoms with Gasteiger partial charge < -0.3 is 5.73 Å². The lowest BCUT2D eigenvalue weighted by atomic mass is 9.80. The van der Waals surface area contributed by atoms with Crippen LogP contribution in [0.4, 0.5) is 0 Å². The molecule has 0 bridgehead atoms. The zero-order chi connectivity index (χ0) is 10.8. The molecule has 15 heavy (non-hydrogen) atoms. The molecule has 1 atom stereocenters. The first kappa shape index (κ1) is 11.7. The number of nitrogens with two attached hydrogens (primary N) is 1. The molecule has 0 aromatic heterocycles. The summed E-state index contributed by atoms with van der Waals surface area (Å²) >= 11 is 8.31. The zero-order valence-corrected chi connectivity index (χ0v) is 11.5. The second-order valence-corrected chi connectivity index (χ2v) is 5.88. The van der Waals surface area contributed by atoms with Crippen molar-refractivity contribution in [2.75, 3.05) is 0 Å². The van der Waals surface area contributed by atoms with Gasteiger partial charge in [-0.15, -0.1) is 0 Å². The smallest absolute Gasteiger partial charge is 0.0542 e. The normalized spacial score (nSPS) is 18.6. The summed E-state index contributed by atoms with van der Waals surface area (Å²) < 4.78 is 1.09. The van der Waals surface area contributed by atoms with Crippen LogP contribution in [0.5, 0.6) is 0 Å². The predicted octanol–water partition coefficient (Wildman–Crippen LogP) is 4.13. The van der Waals surface area contributed by atoms with Crippen LogP contribution in [0.1, 0.15) is 37.3 Å². The molecule has 1 aliphatic carbocycles. The minimum absolute atomic E-state index is 0.157. The Hall–Kier alpha value is 0.200. The maximum absolute atomic E-state index is 6.16. The predicted molar refractivity (Wildman–Crippen MR) is 73.1 cm³/mol. The standard InChI is InChI=1S/C12H15ClIN/c13-10-7-9(4-5-11(10)14)12(15)6-8-2-1-3-8/h4-5,7-8,12H,1-3,6,15H2. The molecule has 2 rings (SSSR count). The van der Waals surface area contributed by atoms with E-state index in [9.17, 15) is 0 Å². The zero-order valence-electron chi connectivity index (χ0n) is 8.55. The van der Waals surface area contributed by atoms with Crippen LogP contribution in [-0.4, -0.2) is 0 Å². The average Bonchev–Trinajstić information content (AvgIpc) is 2.15. The van der Waals surface area contributed by atoms with Gasteiger partial charge in [0.25, 0.3) is 0 Å². The van der Waals surface area contributed by atoms with Gasteiger partial charge in [0.05, 0.1) is 5.02 Å². The summed E-state index contributed by atoms with van der Waals surface area (Å²) in [5, 5.41) is 0.817. The summed E-state index contributed by atoms with van der Waals surface area (Å²) in [7, 11) is 0. The van der Waals surface area contributed by atoms with Crippen molar-refractivity contribution in [2.45, 2.75) is 31.7 Å². The van der Waals surface area contributed by atoms with Crippen molar-refractivity contribution in [3.05, 3.63) is 32.4 Å². The van der Waals surface area contributed by atoms with E-state index in [1.807, 2.05) is 12.1 Å². The number of rotatable bonds is 3. The summed E-state index contributed by atoms with van der Waals surface area (Å²) in [5.41, 5.74) is 7.34. The average molecular weight is 336 g/mol. The molecule has 1 nitrogen and oxygen atoms in total. The fourth-order valence-electron chi connectivity index (χ4n) is 1.97. The van der Waals surface area contributed by atoms with E-state index >= 15 is 0 Å². The van der Waals surface area contributed by atoms with Gasteiger partial charge in [0.15, 0.2) is 0 Å². The van der Waals surface area contributed by atoms with Crippen molar-refractivity contribution in [1.29, 1.82) is 0 Å². The fraction of sp³-hybridized carbons (Fsp3) is 0.500. The van der Waals surface area contributed by atoms with Crippen molar-refractivity contribution >= 4 is 34.2 Å². The number of hydrogen-bond acceptors (Lipinski definition) is 1. The van der Waals surface area contributed by atoms with Gasteiger partial charge in [-0.05, 0) is 52.6 Å². The van der Waals surface area contributed by atoms with Crippen LogP contribution >= 0.6 is 34.2 Å². The third-order valence-electron chi connectivity index (χ3n) is 3.18. The Labute approximate surface area is 110 Å². The Morgan fingerprint density at radius 2 is 2.20 bits per heavy atom. The summed E-state index contributed by atoms with van der Waals surface area (Å²) in [6.07, 6.45) is 5.19. The quantitative estimate of drug-likeness (QED) is 0.826. The molecule has 0 aliphatic heterocycles. The molecule has 0 spiro atoms. The Bertz CT molecular complexity index is 349. The Morgan fingerprint density at radius 3 is 2.73 bits per heavy atom. The topological polar surface area (TPSA) is 26.0 Å². The molecule has 0 radical (unpaired) electrons. The van der Waals surface area contributed by atoms with Gasteiger partial charge in [0, 0.05) is 9.61 Å². The molecule has 2 N–H and O–H groups in total. The highest BCUT2D eigenvalue weighted by Gasteiger charge is 2.21. The highest BCUT2D eigenvalue weighted by atomic mass is 127. The molecule has 3 heteroatoms. The maximum Gasteiger partial charge on any atom is 0.0542 e. The number of halogens is 2. The fourth-order valence-corrected chi connectivity index (χ4v) is 2.49. The Balaban J connectivity index is 2.03. The van der Waals surface area contributed by atoms with Gasteiger partial charge in [0.1, 0.15) is 0 Å². The SMILES string of the molecule is NC(CC1CCC1)c1ccc(I)c(Cl)c1. The molecule has 1 fully saturated rings. The number of benzene rings is 1. The molecule has 1 aromatic carbocycles. The molecule has 1 unspecified atom stereocenters. The second-order valence-electron chi connectivity index (χ2n) is 4.31. The van der Waals surface area contributed by atoms with E-state index in [1.54, 1.807) is 0 Å². The van der Waals surface area contributed by atoms with Gasteiger partial charge in [-0.3, -0.25) is 0 Å². The van der Waals surface area contributed by atoms with Crippen LogP contribution in [-0.2, 0) is 0 Å². The highest BCUT2D eigenvalue weighted by molar-refractivity contribution is 14.1. The van der Waals surface area contributed by atoms with Gasteiger partial charge in [-0.1, -0.05) is 36.9 Å². The van der Waals surface area contributed by atoms with Crippen LogP contribution in [0.15, 0.2) is 18.2 Å². The number of hydrogen-bond donors (Lipinski definition) is 1. The Kier molecular flexibility index (Phi) is 3.91. The van der Waals surface area contributed by atoms with Crippen molar-refractivity contribution in [1.82, 2.24) is 0 Å². The first-order valence-corrected chi connectivity index (χ1v) is 6.83. The third kappa shape index (κ3) is 2.86. The molecule has 1 saturated carbocycles. The van der Waals surface area contributed by atoms with E-state index in [2.05, 4.69) is 28.7 Å². The molecular formula is C12H15ClIN. The summed E-state index contributed by atoms with van der Waals surface area (Å²) in [4.78, 5) is 0. The lowest BCUT2D eigenvalue weighted by Gasteiger charge is -2.28. The monoisotopic (exact) mass is 335 g/mol. The van der Waals surface area contributed by atoms with Gasteiger partial charge >= 0.3 is 0 Å². The van der Waals surface area contributed by atoms with Crippen molar-refractivity contribution < 1.29 is 0 Å². The van der Waals surface area contributed by atoms with Gasteiger partial charge in [-0.25, -0.2) is 0 Å². The molecule has 1 aromatic rings. The van der Waals surface area contributed by atoms with E-state index in [0.29, 0.717) is 0 Å². The van der Waals surface area contributed by atoms with Crippen molar-refractivity contribution in [3.8, 4) is 0 Å². The second kappa shape index (κ2) is 5.02. The van der Waals surface area contributed by atoms with Crippen LogP contribution in [0, 0.1) is 9.49 Å². The summed E-state index contributed by atoms with van der Waals surface area (Å²) in [6.45, 7) is 0.